The van der Waals surface area contributed by atoms with Crippen molar-refractivity contribution < 1.29 is 22.6 Å². The molecule has 0 aromatic rings. The van der Waals surface area contributed by atoms with Gasteiger partial charge in [0, 0.05) is 10.8 Å². The Hall–Kier alpha value is -0.400. The zero-order valence-electron chi connectivity index (χ0n) is 19.7. The van der Waals surface area contributed by atoms with Gasteiger partial charge in [0.05, 0.1) is 6.26 Å². The summed E-state index contributed by atoms with van der Waals surface area (Å²) in [5, 5.41) is -0.462. The van der Waals surface area contributed by atoms with E-state index in [-0.39, 0.29) is 22.5 Å². The molecule has 30 heavy (non-hydrogen) atoms. The number of hydrogen-bond acceptors (Lipinski definition) is 5. The van der Waals surface area contributed by atoms with E-state index in [2.05, 4.69) is 6.26 Å². The second kappa shape index (κ2) is 8.86. The highest BCUT2D eigenvalue weighted by Gasteiger charge is 2.67. The largest absolute Gasteiger partial charge is 0.747 e. The van der Waals surface area contributed by atoms with Crippen molar-refractivity contribution in [1.29, 1.82) is 0 Å². The summed E-state index contributed by atoms with van der Waals surface area (Å²) in [6.45, 7) is 11.7. The molecule has 5 nitrogen and oxygen atoms in total. The topological polar surface area (TPSA) is 91.3 Å². The number of carbonyl (C=O) groups excluding carboxylic acids is 2. The minimum absolute atomic E-state index is 0.143. The molecular weight excluding hydrogens is 420 g/mol. The molecule has 174 valence electrons. The molecule has 0 N–H and O–H groups in total. The lowest BCUT2D eigenvalue weighted by atomic mass is 9.70. The highest BCUT2D eigenvalue weighted by Crippen LogP contribution is 2.64. The molecule has 0 aromatic heterocycles. The van der Waals surface area contributed by atoms with E-state index >= 15 is 0 Å². The Morgan fingerprint density at radius 1 is 1.10 bits per heavy atom. The van der Waals surface area contributed by atoms with Crippen molar-refractivity contribution in [3.63, 3.8) is 0 Å². The molecule has 0 spiro atoms. The Morgan fingerprint density at radius 2 is 1.63 bits per heavy atom. The Bertz CT molecular complexity index is 759. The first-order valence-corrected chi connectivity index (χ1v) is 14.5. The van der Waals surface area contributed by atoms with Crippen LogP contribution in [0.3, 0.4) is 0 Å². The fourth-order valence-corrected chi connectivity index (χ4v) is 8.97. The molecular formula is C23H40O5S2. The summed E-state index contributed by atoms with van der Waals surface area (Å²) in [4.78, 5) is 23.9. The maximum atomic E-state index is 12.0. The third-order valence-corrected chi connectivity index (χ3v) is 11.6. The van der Waals surface area contributed by atoms with Gasteiger partial charge in [-0.05, 0) is 60.8 Å². The lowest BCUT2D eigenvalue weighted by Crippen LogP contribution is -2.38. The van der Waals surface area contributed by atoms with Gasteiger partial charge in [0.2, 0.25) is 0 Å². The number of hydrogen-bond donors (Lipinski definition) is 0. The average Bonchev–Trinajstić information content (AvgIpc) is 2.93. The van der Waals surface area contributed by atoms with Crippen LogP contribution < -0.4 is 0 Å². The van der Waals surface area contributed by atoms with Gasteiger partial charge in [-0.3, -0.25) is 9.59 Å². The van der Waals surface area contributed by atoms with Crippen molar-refractivity contribution in [2.75, 3.05) is 12.0 Å². The fourth-order valence-electron chi connectivity index (χ4n) is 5.34. The molecule has 2 bridgehead atoms. The van der Waals surface area contributed by atoms with Crippen LogP contribution in [0, 0.1) is 22.2 Å². The molecule has 0 aliphatic heterocycles. The van der Waals surface area contributed by atoms with Crippen molar-refractivity contribution in [3.8, 4) is 0 Å². The third-order valence-electron chi connectivity index (χ3n) is 8.10. The van der Waals surface area contributed by atoms with Crippen LogP contribution in [0.25, 0.3) is 0 Å². The van der Waals surface area contributed by atoms with Crippen LogP contribution in [0.4, 0.5) is 0 Å². The summed E-state index contributed by atoms with van der Waals surface area (Å²) in [7, 11) is -4.17. The third kappa shape index (κ3) is 4.98. The summed E-state index contributed by atoms with van der Waals surface area (Å²) in [6, 6.07) is 0. The van der Waals surface area contributed by atoms with Gasteiger partial charge >= 0.3 is 0 Å². The lowest BCUT2D eigenvalue weighted by molar-refractivity contribution is -0.128. The van der Waals surface area contributed by atoms with Crippen molar-refractivity contribution in [3.05, 3.63) is 0 Å². The van der Waals surface area contributed by atoms with E-state index in [1.807, 2.05) is 34.6 Å². The molecule has 0 radical (unpaired) electrons. The highest BCUT2D eigenvalue weighted by molar-refractivity contribution is 7.97. The van der Waals surface area contributed by atoms with Crippen molar-refractivity contribution >= 4 is 32.6 Å². The molecule has 4 atom stereocenters. The van der Waals surface area contributed by atoms with Crippen molar-refractivity contribution in [2.24, 2.45) is 22.2 Å². The van der Waals surface area contributed by atoms with Gasteiger partial charge in [-0.25, -0.2) is 8.42 Å². The first-order chi connectivity index (χ1) is 13.5. The molecule has 0 amide bonds. The second-order valence-corrected chi connectivity index (χ2v) is 15.1. The minimum Gasteiger partial charge on any atom is -0.747 e. The van der Waals surface area contributed by atoms with Crippen LogP contribution in [-0.2, 0) is 30.6 Å². The first-order valence-electron chi connectivity index (χ1n) is 11.2. The zero-order valence-corrected chi connectivity index (χ0v) is 21.4. The summed E-state index contributed by atoms with van der Waals surface area (Å²) in [5.41, 5.74) is -1.14. The lowest BCUT2D eigenvalue weighted by Gasteiger charge is -2.32. The first kappa shape index (κ1) is 25.9. The predicted molar refractivity (Wildman–Crippen MR) is 123 cm³/mol. The smallest absolute Gasteiger partial charge is 0.187 e. The van der Waals surface area contributed by atoms with Crippen LogP contribution in [0.2, 0.25) is 0 Å². The monoisotopic (exact) mass is 460 g/mol. The van der Waals surface area contributed by atoms with Crippen molar-refractivity contribution in [2.45, 2.75) is 97.0 Å². The molecule has 3 aliphatic rings. The summed E-state index contributed by atoms with van der Waals surface area (Å²) >= 11 is 0. The van der Waals surface area contributed by atoms with Gasteiger partial charge in [0.15, 0.2) is 17.3 Å². The number of carbonyl (C=O) groups is 2. The fraction of sp³-hybridized carbons (Fsp3) is 0.913. The molecule has 0 heterocycles. The SMILES string of the molecule is CC12CCC(C(S(=O)(=O)[O-])C1=O)C2(C)C.C[S+](CC(=O)C(C)(C)C)C1CCCCC1. The summed E-state index contributed by atoms with van der Waals surface area (Å²) in [5.74, 6) is 0.601. The number of ketones is 2. The molecule has 3 aliphatic carbocycles. The molecule has 3 saturated carbocycles. The van der Waals surface area contributed by atoms with Crippen LogP contribution in [0.1, 0.15) is 86.5 Å². The Labute approximate surface area is 186 Å². The van der Waals surface area contributed by atoms with Gasteiger partial charge in [-0.1, -0.05) is 48.0 Å². The Balaban J connectivity index is 0.000000214. The van der Waals surface area contributed by atoms with Gasteiger partial charge < -0.3 is 4.55 Å². The zero-order chi connectivity index (χ0) is 23.1. The Morgan fingerprint density at radius 3 is 2.00 bits per heavy atom. The van der Waals surface area contributed by atoms with E-state index in [1.54, 1.807) is 6.92 Å². The van der Waals surface area contributed by atoms with Crippen molar-refractivity contribution in [1.82, 2.24) is 0 Å². The van der Waals surface area contributed by atoms with Gasteiger partial charge in [-0.2, -0.15) is 0 Å². The molecule has 7 heteroatoms. The van der Waals surface area contributed by atoms with Gasteiger partial charge in [-0.15, -0.1) is 0 Å². The van der Waals surface area contributed by atoms with Crippen LogP contribution >= 0.6 is 0 Å². The molecule has 0 aromatic carbocycles. The van der Waals surface area contributed by atoms with E-state index in [0.29, 0.717) is 29.5 Å². The maximum absolute atomic E-state index is 12.0. The van der Waals surface area contributed by atoms with E-state index in [0.717, 1.165) is 11.0 Å². The number of rotatable bonds is 4. The average molecular weight is 461 g/mol. The van der Waals surface area contributed by atoms with Gasteiger partial charge in [0.25, 0.3) is 0 Å². The standard InChI is InChI=1S/C13H25OS.C10H16O4S/c1-13(2,3)12(14)10-15(4)11-8-6-5-7-9-11;1-9(2)6-4-5-10(9,3)8(11)7(6)15(12,13)14/h11H,5-10H2,1-4H3;6-7H,4-5H2,1-3H3,(H,12,13,14)/q+1;/p-1. The second-order valence-electron chi connectivity index (χ2n) is 11.2. The number of fused-ring (bicyclic) bond motifs is 2. The quantitative estimate of drug-likeness (QED) is 0.465. The van der Waals surface area contributed by atoms with Crippen LogP contribution in [0.15, 0.2) is 0 Å². The van der Waals surface area contributed by atoms with E-state index in [9.17, 15) is 22.6 Å². The molecule has 3 rings (SSSR count). The molecule has 3 fully saturated rings. The number of Topliss-reactive ketones (excluding diaryl/α,β-unsaturated/α-hetero) is 2. The Kier molecular flexibility index (Phi) is 7.63. The predicted octanol–water partition coefficient (Wildman–Crippen LogP) is 4.11. The summed E-state index contributed by atoms with van der Waals surface area (Å²) in [6.07, 6.45) is 10.5. The molecule has 4 unspecified atom stereocenters. The molecule has 0 saturated heterocycles. The maximum Gasteiger partial charge on any atom is 0.187 e. The van der Waals surface area contributed by atoms with E-state index in [4.69, 9.17) is 0 Å². The van der Waals surface area contributed by atoms with E-state index < -0.39 is 20.8 Å². The summed E-state index contributed by atoms with van der Waals surface area (Å²) < 4.78 is 33.3. The van der Waals surface area contributed by atoms with Crippen LogP contribution in [-0.4, -0.2) is 47.0 Å². The van der Waals surface area contributed by atoms with Gasteiger partial charge in [0.1, 0.15) is 20.6 Å². The minimum atomic E-state index is -4.49. The normalized spacial score (nSPS) is 32.5. The van der Waals surface area contributed by atoms with E-state index in [1.165, 1.54) is 32.1 Å². The van der Waals surface area contributed by atoms with Crippen LogP contribution in [0.5, 0.6) is 0 Å². The highest BCUT2D eigenvalue weighted by atomic mass is 32.2.